The zero-order valence-electron chi connectivity index (χ0n) is 11.6. The summed E-state index contributed by atoms with van der Waals surface area (Å²) in [5, 5.41) is 5.93. The molecule has 0 spiro atoms. The maximum absolute atomic E-state index is 3.63. The van der Waals surface area contributed by atoms with Crippen LogP contribution in [0.25, 0.3) is 10.8 Å². The zero-order valence-corrected chi connectivity index (χ0v) is 13.2. The maximum atomic E-state index is 3.63. The number of aryl methyl sites for hydroxylation is 1. The van der Waals surface area contributed by atoms with E-state index in [9.17, 15) is 0 Å². The van der Waals surface area contributed by atoms with Gasteiger partial charge in [-0.05, 0) is 55.3 Å². The van der Waals surface area contributed by atoms with Crippen LogP contribution in [0.2, 0.25) is 0 Å². The van der Waals surface area contributed by atoms with Gasteiger partial charge in [-0.15, -0.1) is 0 Å². The van der Waals surface area contributed by atoms with E-state index in [1.165, 1.54) is 52.9 Å². The molecule has 0 aliphatic heterocycles. The van der Waals surface area contributed by atoms with Gasteiger partial charge in [0, 0.05) is 4.47 Å². The Kier molecular flexibility index (Phi) is 5.87. The first kappa shape index (κ1) is 14.5. The third kappa shape index (κ3) is 4.05. The average molecular weight is 320 g/mol. The highest BCUT2D eigenvalue weighted by Crippen LogP contribution is 2.27. The normalized spacial score (nSPS) is 11.1. The molecule has 0 bridgehead atoms. The Balaban J connectivity index is 1.96. The molecule has 0 atom stereocenters. The molecule has 1 N–H and O–H groups in total. The molecular formula is C17H22BrN. The van der Waals surface area contributed by atoms with Crippen molar-refractivity contribution in [2.75, 3.05) is 13.6 Å². The van der Waals surface area contributed by atoms with Crippen molar-refractivity contribution in [2.45, 2.75) is 32.1 Å². The highest BCUT2D eigenvalue weighted by Gasteiger charge is 2.03. The third-order valence-electron chi connectivity index (χ3n) is 3.58. The van der Waals surface area contributed by atoms with E-state index in [0.717, 1.165) is 6.54 Å². The summed E-state index contributed by atoms with van der Waals surface area (Å²) < 4.78 is 1.20. The van der Waals surface area contributed by atoms with E-state index in [0.29, 0.717) is 0 Å². The summed E-state index contributed by atoms with van der Waals surface area (Å²) in [5.74, 6) is 0. The average Bonchev–Trinajstić information content (AvgIpc) is 2.45. The Morgan fingerprint density at radius 1 is 0.895 bits per heavy atom. The lowest BCUT2D eigenvalue weighted by atomic mass is 9.99. The molecule has 0 aliphatic rings. The molecule has 0 amide bonds. The van der Waals surface area contributed by atoms with Gasteiger partial charge in [-0.3, -0.25) is 0 Å². The molecule has 0 aliphatic carbocycles. The molecule has 0 saturated heterocycles. The molecule has 0 unspecified atom stereocenters. The van der Waals surface area contributed by atoms with E-state index in [1.54, 1.807) is 0 Å². The minimum absolute atomic E-state index is 1.14. The first-order chi connectivity index (χ1) is 9.33. The molecule has 0 aromatic heterocycles. The molecule has 2 aromatic rings. The zero-order chi connectivity index (χ0) is 13.5. The van der Waals surface area contributed by atoms with Crippen LogP contribution in [-0.2, 0) is 6.42 Å². The Bertz CT molecular complexity index is 522. The number of hydrogen-bond donors (Lipinski definition) is 1. The fourth-order valence-electron chi connectivity index (χ4n) is 2.51. The summed E-state index contributed by atoms with van der Waals surface area (Å²) >= 11 is 3.63. The second-order valence-corrected chi connectivity index (χ2v) is 5.87. The van der Waals surface area contributed by atoms with E-state index in [1.807, 2.05) is 7.05 Å². The number of fused-ring (bicyclic) bond motifs is 1. The number of benzene rings is 2. The van der Waals surface area contributed by atoms with Crippen LogP contribution in [0, 0.1) is 0 Å². The monoisotopic (exact) mass is 319 g/mol. The van der Waals surface area contributed by atoms with Gasteiger partial charge in [-0.25, -0.2) is 0 Å². The molecule has 1 nitrogen and oxygen atoms in total. The SMILES string of the molecule is CNCCCCCCc1ccc(Br)c2ccccc12. The molecule has 0 saturated carbocycles. The molecule has 2 rings (SSSR count). The van der Waals surface area contributed by atoms with Crippen molar-refractivity contribution in [3.8, 4) is 0 Å². The molecule has 19 heavy (non-hydrogen) atoms. The van der Waals surface area contributed by atoms with Gasteiger partial charge in [0.25, 0.3) is 0 Å². The van der Waals surface area contributed by atoms with Gasteiger partial charge in [0.1, 0.15) is 0 Å². The van der Waals surface area contributed by atoms with Crippen LogP contribution in [0.15, 0.2) is 40.9 Å². The van der Waals surface area contributed by atoms with Crippen LogP contribution in [0.3, 0.4) is 0 Å². The highest BCUT2D eigenvalue weighted by molar-refractivity contribution is 9.10. The summed E-state index contributed by atoms with van der Waals surface area (Å²) in [6, 6.07) is 13.1. The van der Waals surface area contributed by atoms with Gasteiger partial charge in [0.2, 0.25) is 0 Å². The van der Waals surface area contributed by atoms with Gasteiger partial charge >= 0.3 is 0 Å². The fraction of sp³-hybridized carbons (Fsp3) is 0.412. The first-order valence-electron chi connectivity index (χ1n) is 7.13. The third-order valence-corrected chi connectivity index (χ3v) is 4.28. The number of halogens is 1. The highest BCUT2D eigenvalue weighted by atomic mass is 79.9. The number of nitrogens with one attached hydrogen (secondary N) is 1. The summed E-state index contributed by atoms with van der Waals surface area (Å²) in [6.07, 6.45) is 6.42. The summed E-state index contributed by atoms with van der Waals surface area (Å²) in [4.78, 5) is 0. The van der Waals surface area contributed by atoms with Gasteiger partial charge in [-0.2, -0.15) is 0 Å². The quantitative estimate of drug-likeness (QED) is 0.714. The van der Waals surface area contributed by atoms with E-state index >= 15 is 0 Å². The van der Waals surface area contributed by atoms with Crippen molar-refractivity contribution in [3.63, 3.8) is 0 Å². The lowest BCUT2D eigenvalue weighted by Crippen LogP contribution is -2.06. The Morgan fingerprint density at radius 2 is 1.63 bits per heavy atom. The largest absolute Gasteiger partial charge is 0.320 e. The van der Waals surface area contributed by atoms with E-state index in [4.69, 9.17) is 0 Å². The molecule has 2 aromatic carbocycles. The summed E-state index contributed by atoms with van der Waals surface area (Å²) in [6.45, 7) is 1.14. The number of hydrogen-bond acceptors (Lipinski definition) is 1. The molecule has 0 fully saturated rings. The van der Waals surface area contributed by atoms with Crippen LogP contribution in [0.1, 0.15) is 31.2 Å². The minimum atomic E-state index is 1.14. The molecular weight excluding hydrogens is 298 g/mol. The van der Waals surface area contributed by atoms with Crippen LogP contribution in [0.4, 0.5) is 0 Å². The van der Waals surface area contributed by atoms with Gasteiger partial charge in [0.15, 0.2) is 0 Å². The van der Waals surface area contributed by atoms with Gasteiger partial charge in [0.05, 0.1) is 0 Å². The van der Waals surface area contributed by atoms with Crippen LogP contribution >= 0.6 is 15.9 Å². The Hall–Kier alpha value is -0.860. The van der Waals surface area contributed by atoms with Crippen LogP contribution < -0.4 is 5.32 Å². The predicted molar refractivity (Wildman–Crippen MR) is 87.7 cm³/mol. The summed E-state index contributed by atoms with van der Waals surface area (Å²) in [5.41, 5.74) is 1.48. The Morgan fingerprint density at radius 3 is 2.42 bits per heavy atom. The van der Waals surface area contributed by atoms with Crippen molar-refractivity contribution in [1.29, 1.82) is 0 Å². The van der Waals surface area contributed by atoms with Crippen molar-refractivity contribution >= 4 is 26.7 Å². The van der Waals surface area contributed by atoms with Crippen LogP contribution in [0.5, 0.6) is 0 Å². The fourth-order valence-corrected chi connectivity index (χ4v) is 2.99. The van der Waals surface area contributed by atoms with Crippen molar-refractivity contribution in [1.82, 2.24) is 5.32 Å². The minimum Gasteiger partial charge on any atom is -0.320 e. The van der Waals surface area contributed by atoms with Crippen LogP contribution in [-0.4, -0.2) is 13.6 Å². The van der Waals surface area contributed by atoms with E-state index < -0.39 is 0 Å². The first-order valence-corrected chi connectivity index (χ1v) is 7.93. The molecule has 0 heterocycles. The molecule has 2 heteroatoms. The second kappa shape index (κ2) is 7.66. The van der Waals surface area contributed by atoms with Crippen molar-refractivity contribution in [2.24, 2.45) is 0 Å². The van der Waals surface area contributed by atoms with Crippen molar-refractivity contribution < 1.29 is 0 Å². The summed E-state index contributed by atoms with van der Waals surface area (Å²) in [7, 11) is 2.02. The van der Waals surface area contributed by atoms with Gasteiger partial charge < -0.3 is 5.32 Å². The topological polar surface area (TPSA) is 12.0 Å². The number of unbranched alkanes of at least 4 members (excludes halogenated alkanes) is 3. The molecule has 0 radical (unpaired) electrons. The van der Waals surface area contributed by atoms with E-state index in [-0.39, 0.29) is 0 Å². The lowest BCUT2D eigenvalue weighted by Gasteiger charge is -2.08. The lowest BCUT2D eigenvalue weighted by molar-refractivity contribution is 0.617. The molecule has 102 valence electrons. The standard InChI is InChI=1S/C17H22BrN/c1-19-13-7-3-2-4-8-14-11-12-17(18)16-10-6-5-9-15(14)16/h5-6,9-12,19H,2-4,7-8,13H2,1H3. The Labute approximate surface area is 124 Å². The maximum Gasteiger partial charge on any atom is 0.0253 e. The van der Waals surface area contributed by atoms with E-state index in [2.05, 4.69) is 57.6 Å². The predicted octanol–water partition coefficient (Wildman–Crippen LogP) is 4.92. The smallest absolute Gasteiger partial charge is 0.0253 e. The number of rotatable bonds is 7. The van der Waals surface area contributed by atoms with Crippen molar-refractivity contribution in [3.05, 3.63) is 46.4 Å². The van der Waals surface area contributed by atoms with Gasteiger partial charge in [-0.1, -0.05) is 59.1 Å². The second-order valence-electron chi connectivity index (χ2n) is 5.02.